The fourth-order valence-electron chi connectivity index (χ4n) is 9.01. The minimum atomic E-state index is -0.825. The number of carbonyl (C=O) groups is 1. The quantitative estimate of drug-likeness (QED) is 0.507. The molecule has 4 heteroatoms. The third-order valence-corrected chi connectivity index (χ3v) is 10.9. The van der Waals surface area contributed by atoms with E-state index in [1.807, 2.05) is 6.08 Å². The first-order valence-corrected chi connectivity index (χ1v) is 12.8. The monoisotopic (exact) mass is 432 g/mol. The van der Waals surface area contributed by atoms with Crippen molar-refractivity contribution in [1.29, 1.82) is 0 Å². The highest BCUT2D eigenvalue weighted by molar-refractivity contribution is 5.85. The van der Waals surface area contributed by atoms with Crippen LogP contribution in [0.4, 0.5) is 0 Å². The van der Waals surface area contributed by atoms with Crippen molar-refractivity contribution in [1.82, 2.24) is 0 Å². The average Bonchev–Trinajstić information content (AvgIpc) is 3.08. The van der Waals surface area contributed by atoms with Crippen molar-refractivity contribution >= 4 is 5.97 Å². The van der Waals surface area contributed by atoms with Crippen molar-refractivity contribution in [2.75, 3.05) is 0 Å². The minimum Gasteiger partial charge on any atom is -0.478 e. The van der Waals surface area contributed by atoms with Crippen LogP contribution in [0.3, 0.4) is 0 Å². The molecule has 0 aromatic carbocycles. The first-order valence-electron chi connectivity index (χ1n) is 12.8. The molecule has 4 rings (SSSR count). The maximum absolute atomic E-state index is 11.6. The molecular formula is C27H44O4. The molecule has 0 aromatic heterocycles. The first kappa shape index (κ1) is 23.3. The van der Waals surface area contributed by atoms with Gasteiger partial charge in [0.2, 0.25) is 0 Å². The van der Waals surface area contributed by atoms with Gasteiger partial charge in [0.25, 0.3) is 0 Å². The Morgan fingerprint density at radius 1 is 1.06 bits per heavy atom. The lowest BCUT2D eigenvalue weighted by atomic mass is 9.43. The van der Waals surface area contributed by atoms with Gasteiger partial charge in [0, 0.05) is 5.57 Å². The number of rotatable bonds is 5. The van der Waals surface area contributed by atoms with Crippen molar-refractivity contribution in [2.45, 2.75) is 104 Å². The predicted octanol–water partition coefficient (Wildman–Crippen LogP) is 5.42. The van der Waals surface area contributed by atoms with Crippen molar-refractivity contribution in [3.63, 3.8) is 0 Å². The van der Waals surface area contributed by atoms with Crippen LogP contribution >= 0.6 is 0 Å². The van der Waals surface area contributed by atoms with E-state index in [0.29, 0.717) is 35.2 Å². The Kier molecular flexibility index (Phi) is 6.37. The summed E-state index contributed by atoms with van der Waals surface area (Å²) in [7, 11) is 0. The van der Waals surface area contributed by atoms with Crippen LogP contribution in [0, 0.1) is 46.3 Å². The van der Waals surface area contributed by atoms with Gasteiger partial charge < -0.3 is 15.3 Å². The fourth-order valence-corrected chi connectivity index (χ4v) is 9.01. The van der Waals surface area contributed by atoms with Gasteiger partial charge in [0.1, 0.15) is 0 Å². The Balaban J connectivity index is 1.50. The smallest absolute Gasteiger partial charge is 0.330 e. The van der Waals surface area contributed by atoms with Crippen LogP contribution in [-0.4, -0.2) is 33.5 Å². The zero-order valence-corrected chi connectivity index (χ0v) is 20.0. The molecule has 0 bridgehead atoms. The zero-order valence-electron chi connectivity index (χ0n) is 20.0. The molecule has 31 heavy (non-hydrogen) atoms. The normalized spacial score (nSPS) is 48.5. The summed E-state index contributed by atoms with van der Waals surface area (Å²) in [6, 6.07) is 0. The van der Waals surface area contributed by atoms with E-state index >= 15 is 0 Å². The number of aliphatic carboxylic acids is 1. The fraction of sp³-hybridized carbons (Fsp3) is 0.889. The van der Waals surface area contributed by atoms with E-state index in [1.54, 1.807) is 6.92 Å². The Morgan fingerprint density at radius 3 is 2.52 bits per heavy atom. The molecule has 4 aliphatic carbocycles. The zero-order chi connectivity index (χ0) is 22.6. The molecule has 176 valence electrons. The largest absolute Gasteiger partial charge is 0.478 e. The van der Waals surface area contributed by atoms with E-state index in [0.717, 1.165) is 44.4 Å². The van der Waals surface area contributed by atoms with Crippen LogP contribution in [-0.2, 0) is 4.79 Å². The van der Waals surface area contributed by atoms with E-state index in [-0.39, 0.29) is 23.0 Å². The lowest BCUT2D eigenvalue weighted by Gasteiger charge is -2.62. The summed E-state index contributed by atoms with van der Waals surface area (Å²) in [5.74, 6) is 2.73. The van der Waals surface area contributed by atoms with Gasteiger partial charge in [-0.05, 0) is 117 Å². The molecule has 0 heterocycles. The molecule has 0 unspecified atom stereocenters. The van der Waals surface area contributed by atoms with Crippen LogP contribution in [0.15, 0.2) is 11.6 Å². The number of hydrogen-bond donors (Lipinski definition) is 3. The molecule has 4 aliphatic rings. The maximum atomic E-state index is 11.6. The van der Waals surface area contributed by atoms with Crippen molar-refractivity contribution in [3.8, 4) is 0 Å². The van der Waals surface area contributed by atoms with Crippen molar-refractivity contribution < 1.29 is 20.1 Å². The molecule has 0 radical (unpaired) electrons. The number of allylic oxidation sites excluding steroid dienone is 1. The van der Waals surface area contributed by atoms with Gasteiger partial charge >= 0.3 is 5.97 Å². The SMILES string of the molecule is C/C(=C/CC[C@@H](C)[C@H]1CC[C@H]2[C@@H]3CC[C@@H]4C[C@H](O)CC[C@]4(C)[C@H]3C[C@H](O)[C@]12C)C(=O)O. The van der Waals surface area contributed by atoms with E-state index in [2.05, 4.69) is 20.8 Å². The standard InChI is InChI=1S/C27H44O4/c1-16(6-5-7-17(2)25(30)31)21-10-11-22-20-9-8-18-14-19(28)12-13-26(18,3)23(20)15-24(29)27(21,22)4/h7,16,18-24,28-29H,5-6,8-15H2,1-4H3,(H,30,31)/b17-7-/t16-,18-,19-,20+,21-,22+,23+,24+,26+,27-/m1/s1. The van der Waals surface area contributed by atoms with Crippen LogP contribution in [0.25, 0.3) is 0 Å². The second-order valence-electron chi connectivity index (χ2n) is 12.1. The second kappa shape index (κ2) is 8.48. The van der Waals surface area contributed by atoms with Crippen LogP contribution < -0.4 is 0 Å². The Labute approximate surface area is 188 Å². The van der Waals surface area contributed by atoms with Crippen LogP contribution in [0.2, 0.25) is 0 Å². The third kappa shape index (κ3) is 3.80. The molecule has 4 saturated carbocycles. The lowest BCUT2D eigenvalue weighted by Crippen LogP contribution is -2.58. The number of hydrogen-bond acceptors (Lipinski definition) is 3. The minimum absolute atomic E-state index is 0.0104. The molecule has 0 aliphatic heterocycles. The van der Waals surface area contributed by atoms with Gasteiger partial charge in [-0.15, -0.1) is 0 Å². The number of fused-ring (bicyclic) bond motifs is 5. The Morgan fingerprint density at radius 2 is 1.81 bits per heavy atom. The van der Waals surface area contributed by atoms with E-state index in [4.69, 9.17) is 5.11 Å². The van der Waals surface area contributed by atoms with E-state index in [9.17, 15) is 15.0 Å². The van der Waals surface area contributed by atoms with Gasteiger partial charge in [0.05, 0.1) is 12.2 Å². The Bertz CT molecular complexity index is 716. The molecule has 0 saturated heterocycles. The van der Waals surface area contributed by atoms with Crippen molar-refractivity contribution in [2.24, 2.45) is 46.3 Å². The number of carboxylic acid groups (broad SMARTS) is 1. The highest BCUT2D eigenvalue weighted by Gasteiger charge is 2.63. The number of carboxylic acids is 1. The molecule has 0 aromatic rings. The van der Waals surface area contributed by atoms with Gasteiger partial charge in [-0.2, -0.15) is 0 Å². The molecule has 4 fully saturated rings. The lowest BCUT2D eigenvalue weighted by molar-refractivity contribution is -0.174. The molecule has 3 N–H and O–H groups in total. The van der Waals surface area contributed by atoms with E-state index < -0.39 is 5.97 Å². The highest BCUT2D eigenvalue weighted by Crippen LogP contribution is 2.68. The third-order valence-electron chi connectivity index (χ3n) is 10.9. The summed E-state index contributed by atoms with van der Waals surface area (Å²) in [6.45, 7) is 8.85. The van der Waals surface area contributed by atoms with Crippen LogP contribution in [0.1, 0.15) is 91.9 Å². The molecule has 0 spiro atoms. The van der Waals surface area contributed by atoms with Gasteiger partial charge in [-0.25, -0.2) is 4.79 Å². The van der Waals surface area contributed by atoms with Crippen LogP contribution in [0.5, 0.6) is 0 Å². The molecular weight excluding hydrogens is 388 g/mol. The molecule has 4 nitrogen and oxygen atoms in total. The van der Waals surface area contributed by atoms with Gasteiger partial charge in [-0.3, -0.25) is 0 Å². The summed E-state index contributed by atoms with van der Waals surface area (Å²) < 4.78 is 0. The topological polar surface area (TPSA) is 77.8 Å². The maximum Gasteiger partial charge on any atom is 0.330 e. The Hall–Kier alpha value is -0.870. The summed E-state index contributed by atoms with van der Waals surface area (Å²) in [5, 5.41) is 30.9. The summed E-state index contributed by atoms with van der Waals surface area (Å²) in [6.07, 6.45) is 12.2. The predicted molar refractivity (Wildman–Crippen MR) is 122 cm³/mol. The molecule has 10 atom stereocenters. The van der Waals surface area contributed by atoms with Crippen molar-refractivity contribution in [3.05, 3.63) is 11.6 Å². The van der Waals surface area contributed by atoms with Gasteiger partial charge in [-0.1, -0.05) is 26.8 Å². The highest BCUT2D eigenvalue weighted by atomic mass is 16.4. The van der Waals surface area contributed by atoms with E-state index in [1.165, 1.54) is 25.7 Å². The number of aliphatic hydroxyl groups excluding tert-OH is 2. The second-order valence-corrected chi connectivity index (χ2v) is 12.1. The summed E-state index contributed by atoms with van der Waals surface area (Å²) in [5.41, 5.74) is 0.711. The summed E-state index contributed by atoms with van der Waals surface area (Å²) >= 11 is 0. The van der Waals surface area contributed by atoms with Gasteiger partial charge in [0.15, 0.2) is 0 Å². The average molecular weight is 433 g/mol. The molecule has 0 amide bonds. The first-order chi connectivity index (χ1) is 14.6. The summed E-state index contributed by atoms with van der Waals surface area (Å²) in [4.78, 5) is 11.1. The number of aliphatic hydroxyl groups is 2.